The maximum absolute atomic E-state index is 12.8. The molecule has 1 aliphatic heterocycles. The van der Waals surface area contributed by atoms with Crippen LogP contribution in [0.2, 0.25) is 0 Å². The van der Waals surface area contributed by atoms with Gasteiger partial charge in [0, 0.05) is 38.3 Å². The van der Waals surface area contributed by atoms with Crippen molar-refractivity contribution < 1.29 is 13.2 Å². The lowest BCUT2D eigenvalue weighted by Crippen LogP contribution is -2.50. The summed E-state index contributed by atoms with van der Waals surface area (Å²) in [6, 6.07) is 13.7. The first-order valence-electron chi connectivity index (χ1n) is 9.18. The number of benzene rings is 2. The van der Waals surface area contributed by atoms with Crippen LogP contribution < -0.4 is 0 Å². The fourth-order valence-electron chi connectivity index (χ4n) is 3.39. The minimum atomic E-state index is -3.53. The molecule has 146 valence electrons. The Balaban J connectivity index is 1.47. The largest absolute Gasteiger partial charge is 0.336 e. The molecule has 0 N–H and O–H groups in total. The molecule has 0 bridgehead atoms. The Hall–Kier alpha value is -2.78. The highest BCUT2D eigenvalue weighted by atomic mass is 32.2. The second kappa shape index (κ2) is 7.33. The summed E-state index contributed by atoms with van der Waals surface area (Å²) >= 11 is 0. The van der Waals surface area contributed by atoms with Crippen molar-refractivity contribution in [1.82, 2.24) is 24.2 Å². The van der Waals surface area contributed by atoms with Crippen molar-refractivity contribution in [1.29, 1.82) is 0 Å². The first-order valence-corrected chi connectivity index (χ1v) is 10.6. The minimum Gasteiger partial charge on any atom is -0.336 e. The number of piperazine rings is 1. The van der Waals surface area contributed by atoms with Gasteiger partial charge in [0.2, 0.25) is 10.0 Å². The van der Waals surface area contributed by atoms with Crippen molar-refractivity contribution in [3.8, 4) is 0 Å². The minimum absolute atomic E-state index is 0.121. The van der Waals surface area contributed by atoms with Crippen LogP contribution in [0.15, 0.2) is 53.4 Å². The number of amides is 1. The van der Waals surface area contributed by atoms with Crippen LogP contribution in [0.5, 0.6) is 0 Å². The fourth-order valence-corrected chi connectivity index (χ4v) is 4.84. The van der Waals surface area contributed by atoms with Crippen LogP contribution in [0, 0.1) is 0 Å². The van der Waals surface area contributed by atoms with E-state index in [9.17, 15) is 13.2 Å². The Morgan fingerprint density at radius 1 is 1.04 bits per heavy atom. The Labute approximate surface area is 163 Å². The number of aromatic nitrogens is 3. The lowest BCUT2D eigenvalue weighted by atomic mass is 10.1. The molecule has 1 aliphatic rings. The van der Waals surface area contributed by atoms with Gasteiger partial charge in [-0.2, -0.15) is 4.31 Å². The molecule has 1 aromatic heterocycles. The molecule has 2 aromatic carbocycles. The molecular formula is C19H21N5O3S. The van der Waals surface area contributed by atoms with Crippen molar-refractivity contribution >= 4 is 27.0 Å². The van der Waals surface area contributed by atoms with Crippen molar-refractivity contribution in [3.63, 3.8) is 0 Å². The molecule has 1 fully saturated rings. The second-order valence-corrected chi connectivity index (χ2v) is 8.56. The van der Waals surface area contributed by atoms with Gasteiger partial charge in [-0.05, 0) is 37.3 Å². The third-order valence-corrected chi connectivity index (χ3v) is 6.88. The van der Waals surface area contributed by atoms with E-state index >= 15 is 0 Å². The van der Waals surface area contributed by atoms with Gasteiger partial charge in [-0.25, -0.2) is 13.1 Å². The topological polar surface area (TPSA) is 88.4 Å². The highest BCUT2D eigenvalue weighted by Crippen LogP contribution is 2.19. The molecule has 0 aliphatic carbocycles. The summed E-state index contributed by atoms with van der Waals surface area (Å²) in [5, 5.41) is 8.17. The quantitative estimate of drug-likeness (QED) is 0.665. The summed E-state index contributed by atoms with van der Waals surface area (Å²) in [6.07, 6.45) is 0. The van der Waals surface area contributed by atoms with E-state index in [0.29, 0.717) is 30.7 Å². The van der Waals surface area contributed by atoms with Crippen LogP contribution in [-0.2, 0) is 16.6 Å². The van der Waals surface area contributed by atoms with Gasteiger partial charge in [0.15, 0.2) is 0 Å². The third kappa shape index (κ3) is 3.27. The molecule has 9 heteroatoms. The molecule has 28 heavy (non-hydrogen) atoms. The van der Waals surface area contributed by atoms with E-state index < -0.39 is 10.0 Å². The van der Waals surface area contributed by atoms with Gasteiger partial charge >= 0.3 is 0 Å². The first-order chi connectivity index (χ1) is 13.5. The molecule has 4 rings (SSSR count). The van der Waals surface area contributed by atoms with E-state index in [0.717, 1.165) is 5.52 Å². The molecule has 8 nitrogen and oxygen atoms in total. The van der Waals surface area contributed by atoms with E-state index in [1.54, 1.807) is 52.0 Å². The molecule has 1 saturated heterocycles. The molecule has 2 heterocycles. The number of rotatable bonds is 4. The maximum Gasteiger partial charge on any atom is 0.254 e. The van der Waals surface area contributed by atoms with E-state index in [1.807, 2.05) is 13.0 Å². The van der Waals surface area contributed by atoms with Crippen molar-refractivity contribution in [2.45, 2.75) is 18.4 Å². The monoisotopic (exact) mass is 399 g/mol. The number of sulfonamides is 1. The van der Waals surface area contributed by atoms with Gasteiger partial charge < -0.3 is 4.90 Å². The van der Waals surface area contributed by atoms with Crippen LogP contribution in [0.3, 0.4) is 0 Å². The number of carbonyl (C=O) groups excluding carboxylic acids is 1. The zero-order valence-corrected chi connectivity index (χ0v) is 16.3. The standard InChI is InChI=1S/C19H21N5O3S/c1-2-24-18-9-8-15(14-17(18)20-21-24)19(25)22-10-12-23(13-11-22)28(26,27)16-6-4-3-5-7-16/h3-9,14H,2,10-13H2,1H3. The Morgan fingerprint density at radius 2 is 1.75 bits per heavy atom. The molecule has 1 amide bonds. The molecule has 0 saturated carbocycles. The highest BCUT2D eigenvalue weighted by Gasteiger charge is 2.30. The Morgan fingerprint density at radius 3 is 2.43 bits per heavy atom. The Bertz CT molecular complexity index is 1100. The number of hydrogen-bond acceptors (Lipinski definition) is 5. The molecule has 3 aromatic rings. The predicted molar refractivity (Wildman–Crippen MR) is 104 cm³/mol. The molecule has 0 unspecified atom stereocenters. The third-order valence-electron chi connectivity index (χ3n) is 4.97. The van der Waals surface area contributed by atoms with Gasteiger partial charge in [0.1, 0.15) is 5.52 Å². The molecule has 0 atom stereocenters. The lowest BCUT2D eigenvalue weighted by Gasteiger charge is -2.34. The normalized spacial score (nSPS) is 15.8. The summed E-state index contributed by atoms with van der Waals surface area (Å²) in [7, 11) is -3.53. The summed E-state index contributed by atoms with van der Waals surface area (Å²) < 4.78 is 28.6. The van der Waals surface area contributed by atoms with Gasteiger partial charge in [-0.3, -0.25) is 4.79 Å². The summed E-state index contributed by atoms with van der Waals surface area (Å²) in [4.78, 5) is 14.8. The first kappa shape index (κ1) is 18.6. The van der Waals surface area contributed by atoms with Crippen LogP contribution in [0.25, 0.3) is 11.0 Å². The smallest absolute Gasteiger partial charge is 0.254 e. The summed E-state index contributed by atoms with van der Waals surface area (Å²) in [6.45, 7) is 3.95. The van der Waals surface area contributed by atoms with Crippen LogP contribution >= 0.6 is 0 Å². The molecule has 0 spiro atoms. The van der Waals surface area contributed by atoms with Gasteiger partial charge in [-0.15, -0.1) is 5.10 Å². The number of hydrogen-bond donors (Lipinski definition) is 0. The number of fused-ring (bicyclic) bond motifs is 1. The van der Waals surface area contributed by atoms with Crippen LogP contribution in [-0.4, -0.2) is 64.7 Å². The zero-order chi connectivity index (χ0) is 19.7. The number of aryl methyl sites for hydroxylation is 1. The molecular weight excluding hydrogens is 378 g/mol. The van der Waals surface area contributed by atoms with Crippen LogP contribution in [0.4, 0.5) is 0 Å². The zero-order valence-electron chi connectivity index (χ0n) is 15.5. The SMILES string of the molecule is CCn1nnc2cc(C(=O)N3CCN(S(=O)(=O)c4ccccc4)CC3)ccc21. The van der Waals surface area contributed by atoms with Crippen molar-refractivity contribution in [3.05, 3.63) is 54.1 Å². The van der Waals surface area contributed by atoms with Crippen LogP contribution in [0.1, 0.15) is 17.3 Å². The highest BCUT2D eigenvalue weighted by molar-refractivity contribution is 7.89. The number of carbonyl (C=O) groups is 1. The Kier molecular flexibility index (Phi) is 4.86. The second-order valence-electron chi connectivity index (χ2n) is 6.62. The maximum atomic E-state index is 12.8. The van der Waals surface area contributed by atoms with Gasteiger partial charge in [0.25, 0.3) is 5.91 Å². The summed E-state index contributed by atoms with van der Waals surface area (Å²) in [5.41, 5.74) is 2.10. The average Bonchev–Trinajstić information content (AvgIpc) is 3.16. The predicted octanol–water partition coefficient (Wildman–Crippen LogP) is 1.60. The number of nitrogens with zero attached hydrogens (tertiary/aromatic N) is 5. The fraction of sp³-hybridized carbons (Fsp3) is 0.316. The van der Waals surface area contributed by atoms with Crippen molar-refractivity contribution in [2.75, 3.05) is 26.2 Å². The van der Waals surface area contributed by atoms with Crippen molar-refractivity contribution in [2.24, 2.45) is 0 Å². The van der Waals surface area contributed by atoms with Gasteiger partial charge in [0.05, 0.1) is 10.4 Å². The van der Waals surface area contributed by atoms with E-state index in [-0.39, 0.29) is 23.9 Å². The van der Waals surface area contributed by atoms with E-state index in [1.165, 1.54) is 4.31 Å². The summed E-state index contributed by atoms with van der Waals surface area (Å²) in [5.74, 6) is -0.121. The molecule has 0 radical (unpaired) electrons. The van der Waals surface area contributed by atoms with Gasteiger partial charge in [-0.1, -0.05) is 23.4 Å². The average molecular weight is 399 g/mol. The van der Waals surface area contributed by atoms with E-state index in [4.69, 9.17) is 0 Å². The lowest BCUT2D eigenvalue weighted by molar-refractivity contribution is 0.0698. The van der Waals surface area contributed by atoms with E-state index in [2.05, 4.69) is 10.3 Å².